The van der Waals surface area contributed by atoms with E-state index in [9.17, 15) is 9.59 Å². The van der Waals surface area contributed by atoms with Gasteiger partial charge in [-0.25, -0.2) is 0 Å². The molecule has 0 heterocycles. The largest absolute Gasteiger partial charge is 0.291 e. The fourth-order valence-corrected chi connectivity index (χ4v) is 2.63. The first-order valence-electron chi connectivity index (χ1n) is 6.29. The Bertz CT molecular complexity index is 628. The highest BCUT2D eigenvalue weighted by molar-refractivity contribution is 6.39. The Morgan fingerprint density at radius 2 is 1.78 bits per heavy atom. The van der Waals surface area contributed by atoms with Crippen molar-refractivity contribution in [3.8, 4) is 0 Å². The Labute approximate surface area is 106 Å². The number of rotatable bonds is 2. The molecule has 0 amide bonds. The summed E-state index contributed by atoms with van der Waals surface area (Å²) in [5.41, 5.74) is 1.14. The van der Waals surface area contributed by atoms with Gasteiger partial charge in [0.15, 0.2) is 5.78 Å². The number of hydrogen-bond acceptors (Lipinski definition) is 2. The summed E-state index contributed by atoms with van der Waals surface area (Å²) in [6.07, 6.45) is 1.83. The fraction of sp³-hybridized carbons (Fsp3) is 0.250. The zero-order valence-electron chi connectivity index (χ0n) is 10.1. The van der Waals surface area contributed by atoms with E-state index in [0.29, 0.717) is 19.3 Å². The van der Waals surface area contributed by atoms with Gasteiger partial charge in [0, 0.05) is 12.3 Å². The second kappa shape index (κ2) is 4.37. The van der Waals surface area contributed by atoms with Gasteiger partial charge in [0.2, 0.25) is 5.78 Å². The van der Waals surface area contributed by atoms with Gasteiger partial charge in [0.25, 0.3) is 0 Å². The predicted octanol–water partition coefficient (Wildman–Crippen LogP) is 2.93. The van der Waals surface area contributed by atoms with Gasteiger partial charge in [0.05, 0.1) is 0 Å². The average molecular weight is 238 g/mol. The predicted molar refractivity (Wildman–Crippen MR) is 70.4 cm³/mol. The number of carbonyl (C=O) groups excluding carboxylic acids is 2. The summed E-state index contributed by atoms with van der Waals surface area (Å²) in [5.74, 6) is -0.470. The smallest absolute Gasteiger partial charge is 0.201 e. The third kappa shape index (κ3) is 1.94. The highest BCUT2D eigenvalue weighted by atomic mass is 16.2. The lowest BCUT2D eigenvalue weighted by atomic mass is 9.95. The molecule has 1 fully saturated rings. The number of ketones is 2. The molecule has 0 saturated heterocycles. The summed E-state index contributed by atoms with van der Waals surface area (Å²) >= 11 is 0. The van der Waals surface area contributed by atoms with Gasteiger partial charge in [-0.05, 0) is 29.2 Å². The van der Waals surface area contributed by atoms with Crippen LogP contribution in [0.4, 0.5) is 0 Å². The second-order valence-corrected chi connectivity index (χ2v) is 4.91. The monoisotopic (exact) mass is 238 g/mol. The van der Waals surface area contributed by atoms with Crippen molar-refractivity contribution in [1.82, 2.24) is 0 Å². The number of fused-ring (bicyclic) bond motifs is 1. The molecule has 0 aliphatic heterocycles. The Balaban J connectivity index is 1.87. The maximum atomic E-state index is 11.6. The molecule has 0 radical (unpaired) electrons. The van der Waals surface area contributed by atoms with Crippen molar-refractivity contribution in [2.45, 2.75) is 19.3 Å². The Morgan fingerprint density at radius 1 is 1.00 bits per heavy atom. The minimum Gasteiger partial charge on any atom is -0.291 e. The fourth-order valence-electron chi connectivity index (χ4n) is 2.63. The van der Waals surface area contributed by atoms with Gasteiger partial charge < -0.3 is 0 Å². The van der Waals surface area contributed by atoms with Crippen LogP contribution in [0, 0.1) is 5.92 Å². The zero-order valence-corrected chi connectivity index (χ0v) is 10.1. The van der Waals surface area contributed by atoms with Crippen molar-refractivity contribution in [1.29, 1.82) is 0 Å². The third-order valence-electron chi connectivity index (χ3n) is 3.66. The van der Waals surface area contributed by atoms with Crippen LogP contribution in [0.2, 0.25) is 0 Å². The van der Waals surface area contributed by atoms with Crippen molar-refractivity contribution >= 4 is 22.3 Å². The first kappa shape index (κ1) is 11.1. The Kier molecular flexibility index (Phi) is 2.71. The first-order valence-corrected chi connectivity index (χ1v) is 6.29. The van der Waals surface area contributed by atoms with E-state index in [1.54, 1.807) is 0 Å². The average Bonchev–Trinajstić information content (AvgIpc) is 2.71. The summed E-state index contributed by atoms with van der Waals surface area (Å²) in [6.45, 7) is 0. The van der Waals surface area contributed by atoms with Crippen molar-refractivity contribution in [3.63, 3.8) is 0 Å². The molecule has 18 heavy (non-hydrogen) atoms. The van der Waals surface area contributed by atoms with Gasteiger partial charge in [-0.2, -0.15) is 0 Å². The minimum atomic E-state index is -0.194. The van der Waals surface area contributed by atoms with Gasteiger partial charge in [0.1, 0.15) is 0 Å². The summed E-state index contributed by atoms with van der Waals surface area (Å²) in [4.78, 5) is 22.9. The van der Waals surface area contributed by atoms with Crippen LogP contribution < -0.4 is 0 Å². The highest BCUT2D eigenvalue weighted by Crippen LogP contribution is 2.24. The van der Waals surface area contributed by atoms with Gasteiger partial charge in [-0.15, -0.1) is 0 Å². The van der Waals surface area contributed by atoms with Crippen LogP contribution in [0.5, 0.6) is 0 Å². The molecule has 0 N–H and O–H groups in total. The van der Waals surface area contributed by atoms with E-state index in [-0.39, 0.29) is 17.5 Å². The standard InChI is InChI=1S/C16H14O2/c17-15-8-7-14(16(15)18)10-11-5-6-12-3-1-2-4-13(12)9-11/h1-6,9,14H,7-8,10H2. The van der Waals surface area contributed by atoms with E-state index in [4.69, 9.17) is 0 Å². The van der Waals surface area contributed by atoms with E-state index in [1.165, 1.54) is 10.8 Å². The zero-order chi connectivity index (χ0) is 12.5. The molecule has 1 aliphatic rings. The second-order valence-electron chi connectivity index (χ2n) is 4.91. The molecule has 0 spiro atoms. The van der Waals surface area contributed by atoms with E-state index < -0.39 is 0 Å². The Morgan fingerprint density at radius 3 is 2.50 bits per heavy atom. The number of benzene rings is 2. The van der Waals surface area contributed by atoms with Crippen LogP contribution in [0.15, 0.2) is 42.5 Å². The van der Waals surface area contributed by atoms with Crippen molar-refractivity contribution < 1.29 is 9.59 Å². The summed E-state index contributed by atoms with van der Waals surface area (Å²) in [7, 11) is 0. The third-order valence-corrected chi connectivity index (χ3v) is 3.66. The molecule has 2 heteroatoms. The molecule has 2 aromatic carbocycles. The topological polar surface area (TPSA) is 34.1 Å². The minimum absolute atomic E-state index is 0.0985. The summed E-state index contributed by atoms with van der Waals surface area (Å²) in [6, 6.07) is 14.4. The molecular weight excluding hydrogens is 224 g/mol. The summed E-state index contributed by atoms with van der Waals surface area (Å²) in [5, 5.41) is 2.39. The Hall–Kier alpha value is -1.96. The number of Topliss-reactive ketones (excluding diaryl/α,β-unsaturated/α-hetero) is 2. The molecular formula is C16H14O2. The van der Waals surface area contributed by atoms with E-state index in [1.807, 2.05) is 12.1 Å². The molecule has 2 aromatic rings. The molecule has 1 aliphatic carbocycles. The van der Waals surface area contributed by atoms with Crippen LogP contribution in [0.3, 0.4) is 0 Å². The quantitative estimate of drug-likeness (QED) is 0.754. The molecule has 1 saturated carbocycles. The maximum Gasteiger partial charge on any atom is 0.201 e. The lowest BCUT2D eigenvalue weighted by molar-refractivity contribution is -0.135. The molecule has 90 valence electrons. The van der Waals surface area contributed by atoms with Gasteiger partial charge >= 0.3 is 0 Å². The van der Waals surface area contributed by atoms with Crippen LogP contribution in [0.25, 0.3) is 10.8 Å². The SMILES string of the molecule is O=C1CCC(Cc2ccc3ccccc3c2)C1=O. The van der Waals surface area contributed by atoms with Crippen LogP contribution >= 0.6 is 0 Å². The normalized spacial score (nSPS) is 19.7. The highest BCUT2D eigenvalue weighted by Gasteiger charge is 2.32. The molecule has 0 bridgehead atoms. The molecule has 1 unspecified atom stereocenters. The lowest BCUT2D eigenvalue weighted by Gasteiger charge is -2.08. The number of hydrogen-bond donors (Lipinski definition) is 0. The van der Waals surface area contributed by atoms with Crippen LogP contribution in [0.1, 0.15) is 18.4 Å². The van der Waals surface area contributed by atoms with Crippen LogP contribution in [-0.4, -0.2) is 11.6 Å². The van der Waals surface area contributed by atoms with Crippen molar-refractivity contribution in [2.24, 2.45) is 5.92 Å². The van der Waals surface area contributed by atoms with Crippen molar-refractivity contribution in [2.75, 3.05) is 0 Å². The van der Waals surface area contributed by atoms with E-state index in [0.717, 1.165) is 5.56 Å². The van der Waals surface area contributed by atoms with Gasteiger partial charge in [-0.1, -0.05) is 42.5 Å². The van der Waals surface area contributed by atoms with E-state index >= 15 is 0 Å². The van der Waals surface area contributed by atoms with Crippen LogP contribution in [-0.2, 0) is 16.0 Å². The molecule has 3 rings (SSSR count). The first-order chi connectivity index (χ1) is 8.74. The van der Waals surface area contributed by atoms with Crippen molar-refractivity contribution in [3.05, 3.63) is 48.0 Å². The molecule has 0 aromatic heterocycles. The molecule has 1 atom stereocenters. The number of carbonyl (C=O) groups is 2. The van der Waals surface area contributed by atoms with Gasteiger partial charge in [-0.3, -0.25) is 9.59 Å². The maximum absolute atomic E-state index is 11.6. The summed E-state index contributed by atoms with van der Waals surface area (Å²) < 4.78 is 0. The van der Waals surface area contributed by atoms with E-state index in [2.05, 4.69) is 30.3 Å². The molecule has 2 nitrogen and oxygen atoms in total. The lowest BCUT2D eigenvalue weighted by Crippen LogP contribution is -2.15.